The van der Waals surface area contributed by atoms with Gasteiger partial charge in [0.05, 0.1) is 34.0 Å². The number of nitriles is 1. The minimum absolute atomic E-state index is 0.268. The zero-order valence-electron chi connectivity index (χ0n) is 16.1. The SMILES string of the molecule is N#Cc1ccccc1C(=O)Nc1cn(Cc2ccc(C(F)(F)F)cc2)c2ccccc12. The highest BCUT2D eigenvalue weighted by Crippen LogP contribution is 2.30. The summed E-state index contributed by atoms with van der Waals surface area (Å²) in [5, 5.41) is 12.9. The molecule has 7 heteroatoms. The molecular weight excluding hydrogens is 403 g/mol. The molecule has 1 amide bonds. The predicted octanol–water partition coefficient (Wildman–Crippen LogP) is 5.83. The monoisotopic (exact) mass is 419 g/mol. The fourth-order valence-corrected chi connectivity index (χ4v) is 3.44. The third kappa shape index (κ3) is 4.14. The number of nitrogens with one attached hydrogen (secondary N) is 1. The van der Waals surface area contributed by atoms with Gasteiger partial charge in [-0.25, -0.2) is 0 Å². The van der Waals surface area contributed by atoms with Crippen molar-refractivity contribution in [1.82, 2.24) is 4.57 Å². The van der Waals surface area contributed by atoms with E-state index in [4.69, 9.17) is 0 Å². The van der Waals surface area contributed by atoms with E-state index < -0.39 is 17.6 Å². The molecule has 4 nitrogen and oxygen atoms in total. The third-order valence-corrected chi connectivity index (χ3v) is 4.96. The third-order valence-electron chi connectivity index (χ3n) is 4.96. The van der Waals surface area contributed by atoms with E-state index in [9.17, 15) is 23.2 Å². The Morgan fingerprint density at radius 2 is 1.65 bits per heavy atom. The summed E-state index contributed by atoms with van der Waals surface area (Å²) in [6.45, 7) is 0.337. The number of rotatable bonds is 4. The average molecular weight is 419 g/mol. The number of carbonyl (C=O) groups excluding carboxylic acids is 1. The van der Waals surface area contributed by atoms with Crippen LogP contribution >= 0.6 is 0 Å². The Bertz CT molecular complexity index is 1300. The van der Waals surface area contributed by atoms with Crippen LogP contribution in [0.3, 0.4) is 0 Å². The minimum Gasteiger partial charge on any atom is -0.341 e. The molecule has 0 unspecified atom stereocenters. The molecule has 0 atom stereocenters. The van der Waals surface area contributed by atoms with Gasteiger partial charge in [0.2, 0.25) is 0 Å². The number of hydrogen-bond acceptors (Lipinski definition) is 2. The van der Waals surface area contributed by atoms with E-state index in [1.165, 1.54) is 12.1 Å². The lowest BCUT2D eigenvalue weighted by atomic mass is 10.1. The van der Waals surface area contributed by atoms with E-state index in [0.717, 1.165) is 23.0 Å². The summed E-state index contributed by atoms with van der Waals surface area (Å²) in [7, 11) is 0. The van der Waals surface area contributed by atoms with Crippen molar-refractivity contribution in [3.63, 3.8) is 0 Å². The lowest BCUT2D eigenvalue weighted by molar-refractivity contribution is -0.137. The summed E-state index contributed by atoms with van der Waals surface area (Å²) < 4.78 is 40.3. The highest BCUT2D eigenvalue weighted by atomic mass is 19.4. The van der Waals surface area contributed by atoms with Crippen LogP contribution in [0.2, 0.25) is 0 Å². The number of aromatic nitrogens is 1. The molecule has 0 fully saturated rings. The van der Waals surface area contributed by atoms with Crippen LogP contribution in [0, 0.1) is 11.3 Å². The molecule has 0 radical (unpaired) electrons. The van der Waals surface area contributed by atoms with Crippen molar-refractivity contribution >= 4 is 22.5 Å². The van der Waals surface area contributed by atoms with E-state index in [0.29, 0.717) is 17.8 Å². The first-order valence-electron chi connectivity index (χ1n) is 9.41. The fourth-order valence-electron chi connectivity index (χ4n) is 3.44. The highest BCUT2D eigenvalue weighted by Gasteiger charge is 2.29. The number of hydrogen-bond donors (Lipinski definition) is 1. The maximum Gasteiger partial charge on any atom is 0.416 e. The first-order valence-corrected chi connectivity index (χ1v) is 9.41. The lowest BCUT2D eigenvalue weighted by Gasteiger charge is -2.09. The molecule has 31 heavy (non-hydrogen) atoms. The summed E-state index contributed by atoms with van der Waals surface area (Å²) in [6.07, 6.45) is -2.63. The molecule has 4 aromatic rings. The highest BCUT2D eigenvalue weighted by molar-refractivity contribution is 6.10. The van der Waals surface area contributed by atoms with Crippen LogP contribution in [-0.4, -0.2) is 10.5 Å². The number of fused-ring (bicyclic) bond motifs is 1. The number of anilines is 1. The lowest BCUT2D eigenvalue weighted by Crippen LogP contribution is -2.13. The molecule has 1 aromatic heterocycles. The topological polar surface area (TPSA) is 57.8 Å². The van der Waals surface area contributed by atoms with Gasteiger partial charge in [-0.3, -0.25) is 4.79 Å². The van der Waals surface area contributed by atoms with Gasteiger partial charge in [-0.05, 0) is 35.9 Å². The molecule has 0 saturated carbocycles. The zero-order chi connectivity index (χ0) is 22.0. The van der Waals surface area contributed by atoms with E-state index in [1.807, 2.05) is 34.9 Å². The van der Waals surface area contributed by atoms with Gasteiger partial charge in [0.1, 0.15) is 0 Å². The molecule has 154 valence electrons. The van der Waals surface area contributed by atoms with Crippen LogP contribution in [0.15, 0.2) is 79.0 Å². The Morgan fingerprint density at radius 3 is 2.35 bits per heavy atom. The smallest absolute Gasteiger partial charge is 0.341 e. The number of carbonyl (C=O) groups is 1. The summed E-state index contributed by atoms with van der Waals surface area (Å²) >= 11 is 0. The van der Waals surface area contributed by atoms with Crippen molar-refractivity contribution in [3.8, 4) is 6.07 Å². The Labute approximate surface area is 176 Å². The van der Waals surface area contributed by atoms with Crippen molar-refractivity contribution in [3.05, 3.63) is 101 Å². The number of para-hydroxylation sites is 1. The Hall–Kier alpha value is -4.05. The van der Waals surface area contributed by atoms with Crippen molar-refractivity contribution in [1.29, 1.82) is 5.26 Å². The zero-order valence-corrected chi connectivity index (χ0v) is 16.1. The van der Waals surface area contributed by atoms with Gasteiger partial charge < -0.3 is 9.88 Å². The number of benzene rings is 3. The molecule has 0 aliphatic rings. The van der Waals surface area contributed by atoms with Crippen LogP contribution in [0.5, 0.6) is 0 Å². The van der Waals surface area contributed by atoms with Gasteiger partial charge in [-0.1, -0.05) is 42.5 Å². The molecule has 0 spiro atoms. The van der Waals surface area contributed by atoms with E-state index >= 15 is 0 Å². The predicted molar refractivity (Wildman–Crippen MR) is 112 cm³/mol. The van der Waals surface area contributed by atoms with Crippen molar-refractivity contribution < 1.29 is 18.0 Å². The van der Waals surface area contributed by atoms with Gasteiger partial charge in [0.15, 0.2) is 0 Å². The van der Waals surface area contributed by atoms with E-state index in [2.05, 4.69) is 5.32 Å². The number of alkyl halides is 3. The van der Waals surface area contributed by atoms with Crippen molar-refractivity contribution in [2.75, 3.05) is 5.32 Å². The maximum absolute atomic E-state index is 12.8. The van der Waals surface area contributed by atoms with E-state index in [1.54, 1.807) is 30.5 Å². The summed E-state index contributed by atoms with van der Waals surface area (Å²) in [6, 6.07) is 20.9. The van der Waals surface area contributed by atoms with Gasteiger partial charge >= 0.3 is 6.18 Å². The second-order valence-electron chi connectivity index (χ2n) is 6.99. The molecule has 0 aliphatic carbocycles. The van der Waals surface area contributed by atoms with Crippen molar-refractivity contribution in [2.24, 2.45) is 0 Å². The summed E-state index contributed by atoms with van der Waals surface area (Å²) in [4.78, 5) is 12.8. The van der Waals surface area contributed by atoms with Gasteiger partial charge in [-0.2, -0.15) is 18.4 Å². The van der Waals surface area contributed by atoms with Crippen LogP contribution < -0.4 is 5.32 Å². The van der Waals surface area contributed by atoms with Crippen LogP contribution in [0.4, 0.5) is 18.9 Å². The molecule has 3 aromatic carbocycles. The maximum atomic E-state index is 12.8. The second kappa shape index (κ2) is 8.00. The van der Waals surface area contributed by atoms with Gasteiger partial charge in [0.25, 0.3) is 5.91 Å². The summed E-state index contributed by atoms with van der Waals surface area (Å²) in [5.41, 5.74) is 1.92. The largest absolute Gasteiger partial charge is 0.416 e. The Balaban J connectivity index is 1.65. The van der Waals surface area contributed by atoms with Gasteiger partial charge in [0, 0.05) is 18.1 Å². The van der Waals surface area contributed by atoms with Gasteiger partial charge in [-0.15, -0.1) is 0 Å². The van der Waals surface area contributed by atoms with Crippen molar-refractivity contribution in [2.45, 2.75) is 12.7 Å². The van der Waals surface area contributed by atoms with Crippen LogP contribution in [0.1, 0.15) is 27.0 Å². The second-order valence-corrected chi connectivity index (χ2v) is 6.99. The fraction of sp³-hybridized carbons (Fsp3) is 0.0833. The number of halogens is 3. The Morgan fingerprint density at radius 1 is 0.968 bits per heavy atom. The normalized spacial score (nSPS) is 11.3. The molecular formula is C24H16F3N3O. The molecule has 1 heterocycles. The molecule has 0 saturated heterocycles. The molecule has 4 rings (SSSR count). The molecule has 0 bridgehead atoms. The van der Waals surface area contributed by atoms with E-state index in [-0.39, 0.29) is 11.1 Å². The Kier molecular flexibility index (Phi) is 5.22. The van der Waals surface area contributed by atoms with Crippen LogP contribution in [-0.2, 0) is 12.7 Å². The minimum atomic E-state index is -4.38. The number of amides is 1. The quantitative estimate of drug-likeness (QED) is 0.452. The summed E-state index contributed by atoms with van der Waals surface area (Å²) in [5.74, 6) is -0.408. The molecule has 0 aliphatic heterocycles. The first kappa shape index (κ1) is 20.2. The molecule has 1 N–H and O–H groups in total. The average Bonchev–Trinajstić information content (AvgIpc) is 3.10. The van der Waals surface area contributed by atoms with Crippen LogP contribution in [0.25, 0.3) is 10.9 Å². The first-order chi connectivity index (χ1) is 14.9. The standard InChI is InChI=1S/C24H16F3N3O/c25-24(26,27)18-11-9-16(10-12-18)14-30-15-21(20-7-3-4-8-22(20)30)29-23(31)19-6-2-1-5-17(19)13-28/h1-12,15H,14H2,(H,29,31). The number of nitrogens with zero attached hydrogens (tertiary/aromatic N) is 2.